The van der Waals surface area contributed by atoms with Crippen LogP contribution >= 0.6 is 11.6 Å². The van der Waals surface area contributed by atoms with Crippen molar-refractivity contribution in [1.82, 2.24) is 0 Å². The number of aliphatic hydroxyl groups is 1. The second-order valence-corrected chi connectivity index (χ2v) is 5.37. The van der Waals surface area contributed by atoms with E-state index in [1.807, 2.05) is 0 Å². The molecule has 5 nitrogen and oxygen atoms in total. The number of benzene rings is 1. The first-order valence-electron chi connectivity index (χ1n) is 6.40. The van der Waals surface area contributed by atoms with Crippen molar-refractivity contribution in [3.8, 4) is 0 Å². The molecule has 0 aliphatic heterocycles. The molecule has 0 heterocycles. The largest absolute Gasteiger partial charge is 0.396 e. The van der Waals surface area contributed by atoms with Crippen LogP contribution < -0.4 is 5.32 Å². The Hall–Kier alpha value is -1.33. The zero-order valence-corrected chi connectivity index (χ0v) is 11.3. The van der Waals surface area contributed by atoms with Crippen LogP contribution in [0.25, 0.3) is 0 Å². The van der Waals surface area contributed by atoms with Crippen molar-refractivity contribution in [2.24, 2.45) is 11.8 Å². The number of anilines is 1. The van der Waals surface area contributed by atoms with Crippen LogP contribution in [-0.4, -0.2) is 23.2 Å². The van der Waals surface area contributed by atoms with E-state index in [1.165, 1.54) is 6.07 Å². The molecule has 6 heteroatoms. The van der Waals surface area contributed by atoms with E-state index in [0.29, 0.717) is 29.1 Å². The number of aliphatic hydroxyl groups excluding tert-OH is 1. The maximum Gasteiger partial charge on any atom is 0.293 e. The summed E-state index contributed by atoms with van der Waals surface area (Å²) in [4.78, 5) is 10.5. The van der Waals surface area contributed by atoms with Gasteiger partial charge in [-0.05, 0) is 36.8 Å². The SMILES string of the molecule is O=[N+]([O-])c1cc(Cl)ccc1NCC1CCCC1CO. The van der Waals surface area contributed by atoms with Gasteiger partial charge in [0.15, 0.2) is 0 Å². The van der Waals surface area contributed by atoms with Gasteiger partial charge in [-0.2, -0.15) is 0 Å². The van der Waals surface area contributed by atoms with E-state index in [-0.39, 0.29) is 12.3 Å². The molecule has 1 aromatic carbocycles. The van der Waals surface area contributed by atoms with Gasteiger partial charge in [0.25, 0.3) is 5.69 Å². The molecule has 19 heavy (non-hydrogen) atoms. The summed E-state index contributed by atoms with van der Waals surface area (Å²) < 4.78 is 0. The minimum Gasteiger partial charge on any atom is -0.396 e. The van der Waals surface area contributed by atoms with Gasteiger partial charge in [-0.1, -0.05) is 18.0 Å². The van der Waals surface area contributed by atoms with E-state index >= 15 is 0 Å². The molecule has 0 bridgehead atoms. The fourth-order valence-electron chi connectivity index (χ4n) is 2.67. The molecule has 0 radical (unpaired) electrons. The molecule has 1 saturated carbocycles. The minimum absolute atomic E-state index is 0.00829. The lowest BCUT2D eigenvalue weighted by Crippen LogP contribution is -2.21. The van der Waals surface area contributed by atoms with Crippen molar-refractivity contribution in [3.05, 3.63) is 33.3 Å². The summed E-state index contributed by atoms with van der Waals surface area (Å²) in [6, 6.07) is 4.61. The highest BCUT2D eigenvalue weighted by Gasteiger charge is 2.27. The monoisotopic (exact) mass is 284 g/mol. The van der Waals surface area contributed by atoms with Gasteiger partial charge in [-0.25, -0.2) is 0 Å². The smallest absolute Gasteiger partial charge is 0.293 e. The number of nitrogens with zero attached hydrogens (tertiary/aromatic N) is 1. The number of halogens is 1. The van der Waals surface area contributed by atoms with E-state index in [1.54, 1.807) is 12.1 Å². The molecule has 2 N–H and O–H groups in total. The van der Waals surface area contributed by atoms with Crippen LogP contribution in [-0.2, 0) is 0 Å². The number of hydrogen-bond acceptors (Lipinski definition) is 4. The van der Waals surface area contributed by atoms with Crippen molar-refractivity contribution < 1.29 is 10.0 Å². The highest BCUT2D eigenvalue weighted by Crippen LogP contribution is 2.33. The molecule has 2 rings (SSSR count). The second kappa shape index (κ2) is 6.21. The molecule has 0 spiro atoms. The molecule has 0 amide bonds. The highest BCUT2D eigenvalue weighted by molar-refractivity contribution is 6.30. The summed E-state index contributed by atoms with van der Waals surface area (Å²) in [6.45, 7) is 0.836. The first kappa shape index (κ1) is 14.1. The zero-order chi connectivity index (χ0) is 13.8. The van der Waals surface area contributed by atoms with Crippen LogP contribution in [0.5, 0.6) is 0 Å². The molecule has 1 fully saturated rings. The van der Waals surface area contributed by atoms with Crippen molar-refractivity contribution in [2.75, 3.05) is 18.5 Å². The topological polar surface area (TPSA) is 75.4 Å². The maximum atomic E-state index is 11.0. The Morgan fingerprint density at radius 2 is 2.16 bits per heavy atom. The maximum absolute atomic E-state index is 11.0. The molecular formula is C13H17ClN2O3. The summed E-state index contributed by atoms with van der Waals surface area (Å²) in [5.74, 6) is 0.680. The fourth-order valence-corrected chi connectivity index (χ4v) is 2.84. The van der Waals surface area contributed by atoms with Crippen molar-refractivity contribution >= 4 is 23.0 Å². The van der Waals surface area contributed by atoms with Gasteiger partial charge in [0, 0.05) is 24.2 Å². The predicted octanol–water partition coefficient (Wildman–Crippen LogP) is 3.07. The van der Waals surface area contributed by atoms with Crippen LogP contribution in [0.4, 0.5) is 11.4 Å². The average molecular weight is 285 g/mol. The Bertz CT molecular complexity index is 467. The molecule has 0 aromatic heterocycles. The van der Waals surface area contributed by atoms with E-state index in [4.69, 9.17) is 11.6 Å². The van der Waals surface area contributed by atoms with Crippen LogP contribution in [0.3, 0.4) is 0 Å². The summed E-state index contributed by atoms with van der Waals surface area (Å²) in [5.41, 5.74) is 0.476. The van der Waals surface area contributed by atoms with Gasteiger partial charge in [0.1, 0.15) is 5.69 Å². The third kappa shape index (κ3) is 3.36. The molecule has 1 aromatic rings. The van der Waals surface area contributed by atoms with Gasteiger partial charge in [-0.3, -0.25) is 10.1 Å². The lowest BCUT2D eigenvalue weighted by atomic mass is 9.97. The van der Waals surface area contributed by atoms with Gasteiger partial charge >= 0.3 is 0 Å². The number of nitro groups is 1. The lowest BCUT2D eigenvalue weighted by Gasteiger charge is -2.18. The molecule has 0 saturated heterocycles. The minimum atomic E-state index is -0.438. The lowest BCUT2D eigenvalue weighted by molar-refractivity contribution is -0.383. The highest BCUT2D eigenvalue weighted by atomic mass is 35.5. The van der Waals surface area contributed by atoms with Crippen LogP contribution in [0.2, 0.25) is 5.02 Å². The van der Waals surface area contributed by atoms with Gasteiger partial charge in [0.2, 0.25) is 0 Å². The summed E-state index contributed by atoms with van der Waals surface area (Å²) >= 11 is 5.77. The van der Waals surface area contributed by atoms with Gasteiger partial charge < -0.3 is 10.4 Å². The van der Waals surface area contributed by atoms with E-state index < -0.39 is 4.92 Å². The Kier molecular flexibility index (Phi) is 4.61. The average Bonchev–Trinajstić information content (AvgIpc) is 2.84. The van der Waals surface area contributed by atoms with E-state index in [2.05, 4.69) is 5.32 Å². The van der Waals surface area contributed by atoms with Gasteiger partial charge in [-0.15, -0.1) is 0 Å². The molecule has 2 unspecified atom stereocenters. The number of rotatable bonds is 5. The Balaban J connectivity index is 2.05. The molecule has 104 valence electrons. The van der Waals surface area contributed by atoms with Crippen LogP contribution in [0.15, 0.2) is 18.2 Å². The fraction of sp³-hybridized carbons (Fsp3) is 0.538. The molecule has 1 aliphatic rings. The standard InChI is InChI=1S/C13H17ClN2O3/c14-11-4-5-12(13(6-11)16(18)19)15-7-9-2-1-3-10(9)8-17/h4-6,9-10,15,17H,1-3,7-8H2. The number of nitrogens with one attached hydrogen (secondary N) is 1. The third-order valence-corrected chi connectivity index (χ3v) is 4.00. The van der Waals surface area contributed by atoms with Crippen molar-refractivity contribution in [2.45, 2.75) is 19.3 Å². The Morgan fingerprint density at radius 1 is 1.42 bits per heavy atom. The number of nitro benzene ring substituents is 1. The number of hydrogen-bond donors (Lipinski definition) is 2. The summed E-state index contributed by atoms with van der Waals surface area (Å²) in [6.07, 6.45) is 3.20. The summed E-state index contributed by atoms with van der Waals surface area (Å²) in [7, 11) is 0. The first-order valence-corrected chi connectivity index (χ1v) is 6.78. The third-order valence-electron chi connectivity index (χ3n) is 3.76. The van der Waals surface area contributed by atoms with Crippen LogP contribution in [0.1, 0.15) is 19.3 Å². The second-order valence-electron chi connectivity index (χ2n) is 4.93. The predicted molar refractivity (Wildman–Crippen MR) is 74.5 cm³/mol. The van der Waals surface area contributed by atoms with Crippen molar-refractivity contribution in [3.63, 3.8) is 0 Å². The first-order chi connectivity index (χ1) is 9.11. The molecular weight excluding hydrogens is 268 g/mol. The van der Waals surface area contributed by atoms with Crippen molar-refractivity contribution in [1.29, 1.82) is 0 Å². The normalized spacial score (nSPS) is 22.4. The van der Waals surface area contributed by atoms with E-state index in [0.717, 1.165) is 19.3 Å². The van der Waals surface area contributed by atoms with E-state index in [9.17, 15) is 15.2 Å². The van der Waals surface area contributed by atoms with Crippen LogP contribution in [0, 0.1) is 22.0 Å². The van der Waals surface area contributed by atoms with Gasteiger partial charge in [0.05, 0.1) is 4.92 Å². The molecule has 1 aliphatic carbocycles. The Labute approximate surface area is 116 Å². The quantitative estimate of drug-likeness (QED) is 0.643. The molecule has 2 atom stereocenters. The Morgan fingerprint density at radius 3 is 2.84 bits per heavy atom. The zero-order valence-electron chi connectivity index (χ0n) is 10.5. The summed E-state index contributed by atoms with van der Waals surface area (Å²) in [5, 5.41) is 23.7.